The highest BCUT2D eigenvalue weighted by atomic mass is 16.7. The van der Waals surface area contributed by atoms with Gasteiger partial charge < -0.3 is 25.1 Å². The van der Waals surface area contributed by atoms with Gasteiger partial charge in [0.1, 0.15) is 0 Å². The van der Waals surface area contributed by atoms with Crippen molar-refractivity contribution in [3.63, 3.8) is 0 Å². The van der Waals surface area contributed by atoms with E-state index in [0.29, 0.717) is 5.75 Å². The van der Waals surface area contributed by atoms with Gasteiger partial charge in [0, 0.05) is 0 Å². The van der Waals surface area contributed by atoms with Gasteiger partial charge in [-0.15, -0.1) is 0 Å². The fourth-order valence-electron chi connectivity index (χ4n) is 1.94. The average Bonchev–Trinajstić information content (AvgIpc) is 2.56. The van der Waals surface area contributed by atoms with Crippen molar-refractivity contribution < 1.29 is 33.8 Å². The van der Waals surface area contributed by atoms with Crippen LogP contribution in [0.1, 0.15) is 18.2 Å². The molecular weight excluding hydrogens is 324 g/mol. The number of nitrogens with two attached hydrogens (primary N) is 1. The normalized spacial score (nSPS) is 12.8. The van der Waals surface area contributed by atoms with Crippen LogP contribution in [0, 0.1) is 16.0 Å². The molecule has 0 amide bonds. The van der Waals surface area contributed by atoms with Crippen molar-refractivity contribution in [1.29, 1.82) is 0 Å². The third-order valence-electron chi connectivity index (χ3n) is 3.15. The summed E-state index contributed by atoms with van der Waals surface area (Å²) in [5.41, 5.74) is 5.24. The molecule has 0 bridgehead atoms. The van der Waals surface area contributed by atoms with Crippen molar-refractivity contribution in [1.82, 2.24) is 0 Å². The number of carboxylic acid groups (broad SMARTS) is 1. The van der Waals surface area contributed by atoms with Crippen molar-refractivity contribution in [2.75, 3.05) is 20.8 Å². The first kappa shape index (κ1) is 19.2. The Balaban J connectivity index is 3.09. The monoisotopic (exact) mass is 342 g/mol. The molecule has 0 aromatic heterocycles. The quantitative estimate of drug-likeness (QED) is 0.216. The molecule has 1 rings (SSSR count). The molecule has 24 heavy (non-hydrogen) atoms. The smallest absolute Gasteiger partial charge is 0.383 e. The Morgan fingerprint density at radius 1 is 1.29 bits per heavy atom. The summed E-state index contributed by atoms with van der Waals surface area (Å²) in [6, 6.07) is 4.01. The number of esters is 1. The number of carbonyl (C=O) groups excluding carboxylic acids is 1. The summed E-state index contributed by atoms with van der Waals surface area (Å²) < 4.78 is 14.8. The molecule has 0 fully saturated rings. The zero-order valence-corrected chi connectivity index (χ0v) is 13.1. The number of nitrogens with zero attached hydrogens (tertiary/aromatic N) is 1. The van der Waals surface area contributed by atoms with Crippen molar-refractivity contribution in [2.24, 2.45) is 11.7 Å². The van der Waals surface area contributed by atoms with E-state index in [1.807, 2.05) is 0 Å². The Morgan fingerprint density at radius 3 is 2.38 bits per heavy atom. The summed E-state index contributed by atoms with van der Waals surface area (Å²) >= 11 is 0. The van der Waals surface area contributed by atoms with Gasteiger partial charge in [0.25, 0.3) is 0 Å². The van der Waals surface area contributed by atoms with Gasteiger partial charge in [0.15, 0.2) is 17.4 Å². The van der Waals surface area contributed by atoms with E-state index in [0.717, 1.165) is 0 Å². The number of carbonyl (C=O) groups is 2. The minimum absolute atomic E-state index is 0.00267. The van der Waals surface area contributed by atoms with E-state index in [4.69, 9.17) is 25.1 Å². The summed E-state index contributed by atoms with van der Waals surface area (Å²) in [5.74, 6) is -3.72. The van der Waals surface area contributed by atoms with Crippen molar-refractivity contribution in [2.45, 2.75) is 12.6 Å². The Bertz CT molecular complexity index is 619. The van der Waals surface area contributed by atoms with E-state index in [1.54, 1.807) is 0 Å². The molecule has 0 saturated heterocycles. The minimum atomic E-state index is -1.88. The van der Waals surface area contributed by atoms with Gasteiger partial charge in [0.2, 0.25) is 0 Å². The Kier molecular flexibility index (Phi) is 6.93. The number of aliphatic carboxylic acids is 1. The first-order chi connectivity index (χ1) is 11.3. The van der Waals surface area contributed by atoms with Gasteiger partial charge in [-0.05, 0) is 31.2 Å². The molecular formula is C14H18N2O8. The zero-order chi connectivity index (χ0) is 18.3. The van der Waals surface area contributed by atoms with E-state index in [2.05, 4.69) is 0 Å². The highest BCUT2D eigenvalue weighted by molar-refractivity contribution is 5.93. The topological polar surface area (TPSA) is 151 Å². The fourth-order valence-corrected chi connectivity index (χ4v) is 1.94. The third-order valence-corrected chi connectivity index (χ3v) is 3.15. The SMILES string of the molecule is COc1ccc([C@@H](OC(=O)C(CCN)C(=O)O)[N+](=O)[O-])cc1OC. The van der Waals surface area contributed by atoms with E-state index in [1.165, 1.54) is 32.4 Å². The summed E-state index contributed by atoms with van der Waals surface area (Å²) in [6.45, 7) is -0.0778. The van der Waals surface area contributed by atoms with Crippen LogP contribution in [0.4, 0.5) is 0 Å². The summed E-state index contributed by atoms with van der Waals surface area (Å²) in [7, 11) is 2.74. The second-order valence-corrected chi connectivity index (χ2v) is 4.66. The Labute approximate surface area is 137 Å². The van der Waals surface area contributed by atoms with Crippen LogP contribution < -0.4 is 15.2 Å². The van der Waals surface area contributed by atoms with Crippen molar-refractivity contribution in [3.05, 3.63) is 33.9 Å². The Morgan fingerprint density at radius 2 is 1.92 bits per heavy atom. The molecule has 0 heterocycles. The largest absolute Gasteiger partial charge is 0.493 e. The van der Waals surface area contributed by atoms with Crippen LogP contribution in [0.3, 0.4) is 0 Å². The first-order valence-electron chi connectivity index (χ1n) is 6.84. The molecule has 10 heteroatoms. The van der Waals surface area contributed by atoms with Crippen LogP contribution >= 0.6 is 0 Å². The number of methoxy groups -OCH3 is 2. The van der Waals surface area contributed by atoms with Crippen LogP contribution in [-0.4, -0.2) is 42.7 Å². The summed E-state index contributed by atoms with van der Waals surface area (Å²) in [6.07, 6.45) is -2.07. The number of benzene rings is 1. The molecule has 0 aliphatic heterocycles. The highest BCUT2D eigenvalue weighted by Gasteiger charge is 2.34. The molecule has 0 radical (unpaired) electrons. The first-order valence-corrected chi connectivity index (χ1v) is 6.84. The molecule has 0 spiro atoms. The van der Waals surface area contributed by atoms with Gasteiger partial charge in [-0.2, -0.15) is 0 Å². The van der Waals surface area contributed by atoms with Crippen LogP contribution in [-0.2, 0) is 14.3 Å². The van der Waals surface area contributed by atoms with Crippen LogP contribution in [0.5, 0.6) is 11.5 Å². The maximum atomic E-state index is 11.9. The standard InChI is InChI=1S/C14H18N2O8/c1-22-10-4-3-8(7-11(10)23-2)12(16(20)21)24-14(19)9(5-6-15)13(17)18/h3-4,7,9,12H,5-6,15H2,1-2H3,(H,17,18)/t9?,12-/m1/s1. The summed E-state index contributed by atoms with van der Waals surface area (Å²) in [4.78, 5) is 33.3. The van der Waals surface area contributed by atoms with Crippen LogP contribution in [0.2, 0.25) is 0 Å². The Hall–Kier alpha value is -2.88. The molecule has 1 aromatic carbocycles. The molecule has 0 aliphatic rings. The zero-order valence-electron chi connectivity index (χ0n) is 13.1. The summed E-state index contributed by atoms with van der Waals surface area (Å²) in [5, 5.41) is 20.2. The van der Waals surface area contributed by atoms with Crippen molar-refractivity contribution in [3.8, 4) is 11.5 Å². The number of carboxylic acids is 1. The number of hydrogen-bond donors (Lipinski definition) is 2. The third kappa shape index (κ3) is 4.56. The average molecular weight is 342 g/mol. The predicted octanol–water partition coefficient (Wildman–Crippen LogP) is 0.572. The van der Waals surface area contributed by atoms with E-state index in [9.17, 15) is 19.7 Å². The van der Waals surface area contributed by atoms with Crippen LogP contribution in [0.25, 0.3) is 0 Å². The van der Waals surface area contributed by atoms with Crippen molar-refractivity contribution >= 4 is 11.9 Å². The molecule has 132 valence electrons. The van der Waals surface area contributed by atoms with E-state index < -0.39 is 29.0 Å². The molecule has 10 nitrogen and oxygen atoms in total. The van der Waals surface area contributed by atoms with Crippen LogP contribution in [0.15, 0.2) is 18.2 Å². The highest BCUT2D eigenvalue weighted by Crippen LogP contribution is 2.31. The molecule has 2 atom stereocenters. The van der Waals surface area contributed by atoms with Gasteiger partial charge in [0.05, 0.1) is 24.7 Å². The second-order valence-electron chi connectivity index (χ2n) is 4.66. The number of ether oxygens (including phenoxy) is 3. The number of hydrogen-bond acceptors (Lipinski definition) is 8. The second kappa shape index (κ2) is 8.67. The molecule has 1 aromatic rings. The molecule has 1 unspecified atom stereocenters. The van der Waals surface area contributed by atoms with E-state index >= 15 is 0 Å². The lowest BCUT2D eigenvalue weighted by Gasteiger charge is -2.15. The maximum Gasteiger partial charge on any atom is 0.383 e. The molecule has 0 saturated carbocycles. The minimum Gasteiger partial charge on any atom is -0.493 e. The number of nitro groups is 1. The molecule has 0 aliphatic carbocycles. The van der Waals surface area contributed by atoms with E-state index in [-0.39, 0.29) is 24.3 Å². The van der Waals surface area contributed by atoms with Gasteiger partial charge in [-0.3, -0.25) is 19.7 Å². The maximum absolute atomic E-state index is 11.9. The number of rotatable bonds is 9. The lowest BCUT2D eigenvalue weighted by Crippen LogP contribution is -2.31. The van der Waals surface area contributed by atoms with Gasteiger partial charge in [-0.25, -0.2) is 0 Å². The predicted molar refractivity (Wildman–Crippen MR) is 80.2 cm³/mol. The molecule has 3 N–H and O–H groups in total. The lowest BCUT2D eigenvalue weighted by atomic mass is 10.1. The fraction of sp³-hybridized carbons (Fsp3) is 0.429. The lowest BCUT2D eigenvalue weighted by molar-refractivity contribution is -0.576. The van der Waals surface area contributed by atoms with Gasteiger partial charge >= 0.3 is 18.2 Å². The van der Waals surface area contributed by atoms with Gasteiger partial charge in [-0.1, -0.05) is 0 Å².